The molecule has 0 saturated carbocycles. The molecule has 0 amide bonds. The van der Waals surface area contributed by atoms with Gasteiger partial charge in [-0.1, -0.05) is 23.2 Å². The molecule has 1 unspecified atom stereocenters. The van der Waals surface area contributed by atoms with Gasteiger partial charge >= 0.3 is 0 Å². The highest BCUT2D eigenvalue weighted by Crippen LogP contribution is 2.28. The molecule has 0 spiro atoms. The lowest BCUT2D eigenvalue weighted by Gasteiger charge is -2.17. The average molecular weight is 389 g/mol. The predicted molar refractivity (Wildman–Crippen MR) is 87.4 cm³/mol. The van der Waals surface area contributed by atoms with Crippen LogP contribution in [0.25, 0.3) is 0 Å². The number of rotatable bonds is 3. The second-order valence-corrected chi connectivity index (χ2v) is 6.48. The molecule has 0 aliphatic carbocycles. The van der Waals surface area contributed by atoms with Gasteiger partial charge in [0.15, 0.2) is 0 Å². The molecule has 1 aromatic heterocycles. The maximum atomic E-state index is 5.99. The van der Waals surface area contributed by atoms with Crippen molar-refractivity contribution in [2.24, 2.45) is 0 Å². The van der Waals surface area contributed by atoms with Crippen molar-refractivity contribution in [3.05, 3.63) is 45.1 Å². The summed E-state index contributed by atoms with van der Waals surface area (Å²) >= 11 is 15.2. The summed E-state index contributed by atoms with van der Waals surface area (Å²) in [6.45, 7) is 1.62. The molecule has 1 fully saturated rings. The van der Waals surface area contributed by atoms with Gasteiger partial charge in [0.1, 0.15) is 11.9 Å². The van der Waals surface area contributed by atoms with Crippen LogP contribution in [0.3, 0.4) is 0 Å². The number of ether oxygens (including phenoxy) is 1. The minimum absolute atomic E-state index is 0.0921. The Morgan fingerprint density at radius 1 is 1.19 bits per heavy atom. The first-order chi connectivity index (χ1) is 10.1. The van der Waals surface area contributed by atoms with Crippen molar-refractivity contribution in [2.75, 3.05) is 18.0 Å². The van der Waals surface area contributed by atoms with Crippen molar-refractivity contribution in [1.82, 2.24) is 9.97 Å². The quantitative estimate of drug-likeness (QED) is 0.789. The van der Waals surface area contributed by atoms with Crippen molar-refractivity contribution in [1.29, 1.82) is 0 Å². The highest BCUT2D eigenvalue weighted by Gasteiger charge is 2.25. The standard InChI is InChI=1S/C14H12BrCl2N3O/c15-9-6-18-14(19-7-9)20-4-3-11(8-20)21-10-1-2-12(16)13(17)5-10/h1-2,5-7,11H,3-4,8H2. The zero-order chi connectivity index (χ0) is 14.8. The van der Waals surface area contributed by atoms with E-state index in [0.717, 1.165) is 35.7 Å². The van der Waals surface area contributed by atoms with Crippen molar-refractivity contribution in [3.63, 3.8) is 0 Å². The van der Waals surface area contributed by atoms with Crippen molar-refractivity contribution >= 4 is 45.1 Å². The largest absolute Gasteiger partial charge is 0.488 e. The normalized spacial score (nSPS) is 18.0. The van der Waals surface area contributed by atoms with Crippen molar-refractivity contribution in [3.8, 4) is 5.75 Å². The minimum atomic E-state index is 0.0921. The Morgan fingerprint density at radius 3 is 2.67 bits per heavy atom. The van der Waals surface area contributed by atoms with Gasteiger partial charge in [0.2, 0.25) is 5.95 Å². The van der Waals surface area contributed by atoms with Gasteiger partial charge in [0, 0.05) is 31.4 Å². The molecule has 0 bridgehead atoms. The van der Waals surface area contributed by atoms with Gasteiger partial charge in [0.05, 0.1) is 21.1 Å². The van der Waals surface area contributed by atoms with Crippen LogP contribution in [-0.4, -0.2) is 29.2 Å². The molecule has 1 saturated heterocycles. The summed E-state index contributed by atoms with van der Waals surface area (Å²) < 4.78 is 6.81. The Morgan fingerprint density at radius 2 is 1.95 bits per heavy atom. The minimum Gasteiger partial charge on any atom is -0.488 e. The number of halogens is 3. The second-order valence-electron chi connectivity index (χ2n) is 4.75. The first-order valence-corrected chi connectivity index (χ1v) is 8.01. The van der Waals surface area contributed by atoms with Crippen LogP contribution in [0.4, 0.5) is 5.95 Å². The Balaban J connectivity index is 1.64. The third-order valence-corrected chi connectivity index (χ3v) is 4.38. The van der Waals surface area contributed by atoms with Gasteiger partial charge in [-0.05, 0) is 28.1 Å². The van der Waals surface area contributed by atoms with Crippen LogP contribution < -0.4 is 9.64 Å². The lowest BCUT2D eigenvalue weighted by atomic mass is 10.3. The van der Waals surface area contributed by atoms with Crippen molar-refractivity contribution in [2.45, 2.75) is 12.5 Å². The summed E-state index contributed by atoms with van der Waals surface area (Å²) in [5, 5.41) is 1.03. The summed E-state index contributed by atoms with van der Waals surface area (Å²) in [6.07, 6.45) is 4.50. The summed E-state index contributed by atoms with van der Waals surface area (Å²) in [5.41, 5.74) is 0. The zero-order valence-corrected chi connectivity index (χ0v) is 14.1. The van der Waals surface area contributed by atoms with Crippen LogP contribution in [0.15, 0.2) is 35.1 Å². The van der Waals surface area contributed by atoms with E-state index < -0.39 is 0 Å². The highest BCUT2D eigenvalue weighted by molar-refractivity contribution is 9.10. The molecule has 21 heavy (non-hydrogen) atoms. The number of aromatic nitrogens is 2. The monoisotopic (exact) mass is 387 g/mol. The molecule has 110 valence electrons. The maximum Gasteiger partial charge on any atom is 0.225 e. The predicted octanol–water partition coefficient (Wildman–Crippen LogP) is 4.20. The molecule has 2 heterocycles. The Bertz CT molecular complexity index is 639. The lowest BCUT2D eigenvalue weighted by Crippen LogP contribution is -2.25. The highest BCUT2D eigenvalue weighted by atomic mass is 79.9. The molecule has 4 nitrogen and oxygen atoms in total. The van der Waals surface area contributed by atoms with Crippen LogP contribution in [0.2, 0.25) is 10.0 Å². The fourth-order valence-corrected chi connectivity index (χ4v) is 2.71. The van der Waals surface area contributed by atoms with E-state index in [9.17, 15) is 0 Å². The van der Waals surface area contributed by atoms with Gasteiger partial charge in [-0.2, -0.15) is 0 Å². The molecular weight excluding hydrogens is 377 g/mol. The Labute approximate surface area is 141 Å². The fourth-order valence-electron chi connectivity index (χ4n) is 2.22. The summed E-state index contributed by atoms with van der Waals surface area (Å²) in [6, 6.07) is 5.31. The van der Waals surface area contributed by atoms with Gasteiger partial charge in [-0.25, -0.2) is 9.97 Å². The molecule has 1 aromatic carbocycles. The number of anilines is 1. The van der Waals surface area contributed by atoms with E-state index in [1.54, 1.807) is 24.5 Å². The van der Waals surface area contributed by atoms with E-state index in [0.29, 0.717) is 10.0 Å². The Hall–Kier alpha value is -1.04. The summed E-state index contributed by atoms with van der Waals surface area (Å²) in [5.74, 6) is 1.45. The lowest BCUT2D eigenvalue weighted by molar-refractivity contribution is 0.225. The van der Waals surface area contributed by atoms with Crippen LogP contribution in [0, 0.1) is 0 Å². The SMILES string of the molecule is Clc1ccc(OC2CCN(c3ncc(Br)cn3)C2)cc1Cl. The maximum absolute atomic E-state index is 5.99. The first-order valence-electron chi connectivity index (χ1n) is 6.46. The molecule has 3 rings (SSSR count). The van der Waals surface area contributed by atoms with E-state index in [1.165, 1.54) is 0 Å². The average Bonchev–Trinajstić information content (AvgIpc) is 2.92. The number of nitrogens with zero attached hydrogens (tertiary/aromatic N) is 3. The van der Waals surface area contributed by atoms with E-state index in [2.05, 4.69) is 30.8 Å². The van der Waals surface area contributed by atoms with Gasteiger partial charge in [0.25, 0.3) is 0 Å². The van der Waals surface area contributed by atoms with Gasteiger partial charge in [-0.3, -0.25) is 0 Å². The third kappa shape index (κ3) is 3.59. The zero-order valence-electron chi connectivity index (χ0n) is 11.0. The molecule has 1 atom stereocenters. The van der Waals surface area contributed by atoms with E-state index in [4.69, 9.17) is 27.9 Å². The second kappa shape index (κ2) is 6.38. The molecule has 0 radical (unpaired) electrons. The molecule has 0 N–H and O–H groups in total. The third-order valence-electron chi connectivity index (χ3n) is 3.23. The number of hydrogen-bond acceptors (Lipinski definition) is 4. The van der Waals surface area contributed by atoms with E-state index in [-0.39, 0.29) is 6.10 Å². The van der Waals surface area contributed by atoms with Gasteiger partial charge in [-0.15, -0.1) is 0 Å². The van der Waals surface area contributed by atoms with Gasteiger partial charge < -0.3 is 9.64 Å². The number of hydrogen-bond donors (Lipinski definition) is 0. The van der Waals surface area contributed by atoms with Crippen LogP contribution in [0.5, 0.6) is 5.75 Å². The topological polar surface area (TPSA) is 38.2 Å². The Kier molecular flexibility index (Phi) is 4.52. The van der Waals surface area contributed by atoms with E-state index >= 15 is 0 Å². The van der Waals surface area contributed by atoms with Crippen LogP contribution >= 0.6 is 39.1 Å². The molecule has 7 heteroatoms. The molecule has 1 aliphatic rings. The smallest absolute Gasteiger partial charge is 0.225 e. The van der Waals surface area contributed by atoms with Crippen molar-refractivity contribution < 1.29 is 4.74 Å². The molecule has 2 aromatic rings. The summed E-state index contributed by atoms with van der Waals surface area (Å²) in [7, 11) is 0. The summed E-state index contributed by atoms with van der Waals surface area (Å²) in [4.78, 5) is 10.7. The molecular formula is C14H12BrCl2N3O. The van der Waals surface area contributed by atoms with Crippen LogP contribution in [-0.2, 0) is 0 Å². The fraction of sp³-hybridized carbons (Fsp3) is 0.286. The first kappa shape index (κ1) is 14.9. The number of benzene rings is 1. The van der Waals surface area contributed by atoms with E-state index in [1.807, 2.05) is 6.07 Å². The molecule has 1 aliphatic heterocycles. The van der Waals surface area contributed by atoms with Crippen LogP contribution in [0.1, 0.15) is 6.42 Å².